The SMILES string of the molecule is COCCCN1C(=O)C(O)=C(C(=O)c2ccc(C)o2)C1c1cc(OC)c(OC)c(OC)c1. The van der Waals surface area contributed by atoms with Crippen LogP contribution in [0.5, 0.6) is 17.2 Å². The first kappa shape index (κ1) is 23.2. The van der Waals surface area contributed by atoms with Gasteiger partial charge in [-0.25, -0.2) is 0 Å². The predicted octanol–water partition coefficient (Wildman–Crippen LogP) is 3.23. The Kier molecular flexibility index (Phi) is 7.09. The minimum Gasteiger partial charge on any atom is -0.503 e. The van der Waals surface area contributed by atoms with Gasteiger partial charge in [-0.15, -0.1) is 0 Å². The van der Waals surface area contributed by atoms with Gasteiger partial charge in [-0.2, -0.15) is 0 Å². The van der Waals surface area contributed by atoms with Crippen LogP contribution in [0.3, 0.4) is 0 Å². The van der Waals surface area contributed by atoms with E-state index in [0.717, 1.165) is 0 Å². The predicted molar refractivity (Wildman–Crippen MR) is 114 cm³/mol. The first-order chi connectivity index (χ1) is 15.4. The summed E-state index contributed by atoms with van der Waals surface area (Å²) >= 11 is 0. The second kappa shape index (κ2) is 9.78. The van der Waals surface area contributed by atoms with Crippen molar-refractivity contribution in [1.82, 2.24) is 4.90 Å². The Bertz CT molecular complexity index is 1010. The van der Waals surface area contributed by atoms with Crippen molar-refractivity contribution in [3.8, 4) is 17.2 Å². The van der Waals surface area contributed by atoms with Gasteiger partial charge >= 0.3 is 0 Å². The molecule has 172 valence electrons. The normalized spacial score (nSPS) is 16.0. The van der Waals surface area contributed by atoms with Crippen molar-refractivity contribution in [2.24, 2.45) is 0 Å². The number of ketones is 1. The lowest BCUT2D eigenvalue weighted by molar-refractivity contribution is -0.129. The summed E-state index contributed by atoms with van der Waals surface area (Å²) in [6, 6.07) is 5.59. The van der Waals surface area contributed by atoms with E-state index in [2.05, 4.69) is 0 Å². The molecule has 1 aliphatic heterocycles. The van der Waals surface area contributed by atoms with Crippen LogP contribution < -0.4 is 14.2 Å². The van der Waals surface area contributed by atoms with Gasteiger partial charge in [0, 0.05) is 20.3 Å². The van der Waals surface area contributed by atoms with Gasteiger partial charge in [0.05, 0.1) is 32.9 Å². The van der Waals surface area contributed by atoms with Crippen molar-refractivity contribution in [2.75, 3.05) is 41.6 Å². The van der Waals surface area contributed by atoms with Crippen LogP contribution in [0, 0.1) is 6.92 Å². The number of aryl methyl sites for hydroxylation is 1. The highest BCUT2D eigenvalue weighted by Gasteiger charge is 2.44. The lowest BCUT2D eigenvalue weighted by atomic mass is 9.94. The van der Waals surface area contributed by atoms with E-state index in [1.165, 1.54) is 32.3 Å². The summed E-state index contributed by atoms with van der Waals surface area (Å²) in [5.74, 6) is -0.163. The molecule has 32 heavy (non-hydrogen) atoms. The zero-order chi connectivity index (χ0) is 23.4. The standard InChI is InChI=1S/C23H27NO8/c1-13-7-8-15(32-13)20(25)18-19(24(9-6-10-28-2)23(27)21(18)26)14-11-16(29-3)22(31-5)17(12-14)30-4/h7-8,11-12,19,26H,6,9-10H2,1-5H3. The zero-order valence-corrected chi connectivity index (χ0v) is 18.8. The molecule has 1 aliphatic rings. The van der Waals surface area contributed by atoms with E-state index in [-0.39, 0.29) is 17.9 Å². The number of nitrogens with zero attached hydrogens (tertiary/aromatic N) is 1. The number of rotatable bonds is 10. The van der Waals surface area contributed by atoms with Gasteiger partial charge in [0.15, 0.2) is 23.0 Å². The summed E-state index contributed by atoms with van der Waals surface area (Å²) < 4.78 is 26.8. The zero-order valence-electron chi connectivity index (χ0n) is 18.8. The van der Waals surface area contributed by atoms with Crippen LogP contribution in [0.25, 0.3) is 0 Å². The molecule has 2 aromatic rings. The van der Waals surface area contributed by atoms with Gasteiger partial charge < -0.3 is 33.4 Å². The van der Waals surface area contributed by atoms with Gasteiger partial charge in [0.25, 0.3) is 5.91 Å². The average Bonchev–Trinajstić information content (AvgIpc) is 3.34. The molecule has 3 rings (SSSR count). The topological polar surface area (TPSA) is 108 Å². The molecule has 0 radical (unpaired) electrons. The molecule has 1 aromatic heterocycles. The third-order valence-corrected chi connectivity index (χ3v) is 5.26. The first-order valence-electron chi connectivity index (χ1n) is 10.0. The highest BCUT2D eigenvalue weighted by molar-refractivity contribution is 6.15. The second-order valence-electron chi connectivity index (χ2n) is 7.21. The van der Waals surface area contributed by atoms with Crippen LogP contribution in [0.15, 0.2) is 40.0 Å². The summed E-state index contributed by atoms with van der Waals surface area (Å²) in [5, 5.41) is 10.7. The van der Waals surface area contributed by atoms with Crippen LogP contribution in [0.2, 0.25) is 0 Å². The summed E-state index contributed by atoms with van der Waals surface area (Å²) in [4.78, 5) is 27.7. The van der Waals surface area contributed by atoms with Gasteiger partial charge in [0.1, 0.15) is 5.76 Å². The van der Waals surface area contributed by atoms with Gasteiger partial charge in [-0.3, -0.25) is 9.59 Å². The Hall–Kier alpha value is -3.46. The molecule has 9 nitrogen and oxygen atoms in total. The molecule has 0 saturated carbocycles. The highest BCUT2D eigenvalue weighted by Crippen LogP contribution is 2.45. The van der Waals surface area contributed by atoms with E-state index in [1.54, 1.807) is 32.2 Å². The summed E-state index contributed by atoms with van der Waals surface area (Å²) in [7, 11) is 5.99. The molecule has 2 heterocycles. The van der Waals surface area contributed by atoms with Crippen molar-refractivity contribution in [3.05, 3.63) is 52.7 Å². The maximum Gasteiger partial charge on any atom is 0.290 e. The molecule has 1 N–H and O–H groups in total. The minimum absolute atomic E-state index is 0.0352. The summed E-state index contributed by atoms with van der Waals surface area (Å²) in [6.45, 7) is 2.37. The van der Waals surface area contributed by atoms with Crippen molar-refractivity contribution >= 4 is 11.7 Å². The average molecular weight is 445 g/mol. The Balaban J connectivity index is 2.15. The quantitative estimate of drug-likeness (QED) is 0.439. The van der Waals surface area contributed by atoms with E-state index in [0.29, 0.717) is 41.6 Å². The van der Waals surface area contributed by atoms with Gasteiger partial charge in [-0.1, -0.05) is 0 Å². The molecule has 1 unspecified atom stereocenters. The van der Waals surface area contributed by atoms with Crippen molar-refractivity contribution in [1.29, 1.82) is 0 Å². The lowest BCUT2D eigenvalue weighted by Crippen LogP contribution is -2.32. The largest absolute Gasteiger partial charge is 0.503 e. The van der Waals surface area contributed by atoms with Crippen LogP contribution in [-0.2, 0) is 9.53 Å². The molecular weight excluding hydrogens is 418 g/mol. The molecule has 0 bridgehead atoms. The third-order valence-electron chi connectivity index (χ3n) is 5.26. The van der Waals surface area contributed by atoms with E-state index in [4.69, 9.17) is 23.4 Å². The molecular formula is C23H27NO8. The van der Waals surface area contributed by atoms with Crippen LogP contribution in [-0.4, -0.2) is 63.3 Å². The monoisotopic (exact) mass is 445 g/mol. The minimum atomic E-state index is -0.883. The molecule has 0 aliphatic carbocycles. The summed E-state index contributed by atoms with van der Waals surface area (Å²) in [6.07, 6.45) is 0.512. The fourth-order valence-corrected chi connectivity index (χ4v) is 3.79. The Morgan fingerprint density at radius 3 is 2.25 bits per heavy atom. The molecule has 1 atom stereocenters. The summed E-state index contributed by atoms with van der Waals surface area (Å²) in [5.41, 5.74) is 0.442. The fraction of sp³-hybridized carbons (Fsp3) is 0.391. The molecule has 0 saturated heterocycles. The second-order valence-corrected chi connectivity index (χ2v) is 7.21. The first-order valence-corrected chi connectivity index (χ1v) is 10.0. The number of aliphatic hydroxyl groups is 1. The van der Waals surface area contributed by atoms with Crippen molar-refractivity contribution < 1.29 is 38.1 Å². The Morgan fingerprint density at radius 1 is 1.09 bits per heavy atom. The van der Waals surface area contributed by atoms with E-state index in [9.17, 15) is 14.7 Å². The number of benzene rings is 1. The van der Waals surface area contributed by atoms with Crippen LogP contribution >= 0.6 is 0 Å². The van der Waals surface area contributed by atoms with E-state index < -0.39 is 23.5 Å². The number of methoxy groups -OCH3 is 4. The third kappa shape index (κ3) is 4.16. The number of furan rings is 1. The highest BCUT2D eigenvalue weighted by atomic mass is 16.5. The molecule has 0 fully saturated rings. The smallest absolute Gasteiger partial charge is 0.290 e. The number of amides is 1. The molecule has 0 spiro atoms. The van der Waals surface area contributed by atoms with Crippen LogP contribution in [0.4, 0.5) is 0 Å². The van der Waals surface area contributed by atoms with Crippen LogP contribution in [0.1, 0.15) is 34.3 Å². The number of Topliss-reactive ketones (excluding diaryl/α,β-unsaturated/α-hetero) is 1. The fourth-order valence-electron chi connectivity index (χ4n) is 3.79. The Labute approximate surface area is 186 Å². The lowest BCUT2D eigenvalue weighted by Gasteiger charge is -2.27. The number of hydrogen-bond acceptors (Lipinski definition) is 8. The van der Waals surface area contributed by atoms with Gasteiger partial charge in [0.2, 0.25) is 11.5 Å². The number of aliphatic hydroxyl groups excluding tert-OH is 1. The molecule has 9 heteroatoms. The Morgan fingerprint density at radius 2 is 1.75 bits per heavy atom. The number of hydrogen-bond donors (Lipinski definition) is 1. The van der Waals surface area contributed by atoms with Crippen molar-refractivity contribution in [2.45, 2.75) is 19.4 Å². The maximum atomic E-state index is 13.3. The number of ether oxygens (including phenoxy) is 4. The number of carbonyl (C=O) groups is 2. The van der Waals surface area contributed by atoms with E-state index >= 15 is 0 Å². The van der Waals surface area contributed by atoms with E-state index in [1.807, 2.05) is 0 Å². The van der Waals surface area contributed by atoms with Gasteiger partial charge in [-0.05, 0) is 43.2 Å². The number of carbonyl (C=O) groups excluding carboxylic acids is 2. The maximum absolute atomic E-state index is 13.3. The molecule has 1 aromatic carbocycles. The van der Waals surface area contributed by atoms with Crippen molar-refractivity contribution in [3.63, 3.8) is 0 Å². The molecule has 1 amide bonds.